The van der Waals surface area contributed by atoms with Crippen molar-refractivity contribution in [2.24, 2.45) is 5.16 Å². The molecule has 0 heterocycles. The summed E-state index contributed by atoms with van der Waals surface area (Å²) in [5, 5.41) is 4.84. The molecule has 0 fully saturated rings. The van der Waals surface area contributed by atoms with Crippen LogP contribution in [0, 0.1) is 0 Å². The van der Waals surface area contributed by atoms with E-state index in [9.17, 15) is 4.79 Å². The molecule has 0 aliphatic heterocycles. The second-order valence-corrected chi connectivity index (χ2v) is 5.18. The van der Waals surface area contributed by atoms with Crippen molar-refractivity contribution >= 4 is 35.4 Å². The van der Waals surface area contributed by atoms with E-state index in [1.165, 1.54) is 7.11 Å². The number of rotatable bonds is 5. The number of hydrogen-bond acceptors (Lipinski definition) is 4. The van der Waals surface area contributed by atoms with Crippen LogP contribution in [-0.2, 0) is 16.2 Å². The van der Waals surface area contributed by atoms with Gasteiger partial charge in [0.1, 0.15) is 6.61 Å². The highest BCUT2D eigenvalue weighted by Crippen LogP contribution is 2.22. The highest BCUT2D eigenvalue weighted by molar-refractivity contribution is 6.42. The average Bonchev–Trinajstić information content (AvgIpc) is 2.54. The molecule has 0 unspecified atom stereocenters. The number of nitrogens with zero attached hydrogens (tertiary/aromatic N) is 1. The third kappa shape index (κ3) is 4.48. The van der Waals surface area contributed by atoms with E-state index >= 15 is 0 Å². The van der Waals surface area contributed by atoms with Crippen molar-refractivity contribution in [1.29, 1.82) is 0 Å². The molecular formula is C16H13Cl2NO3. The first-order chi connectivity index (χ1) is 10.6. The van der Waals surface area contributed by atoms with E-state index in [1.807, 2.05) is 6.07 Å². The first-order valence-corrected chi connectivity index (χ1v) is 7.13. The number of carbonyl (C=O) groups excluding carboxylic acids is 1. The molecule has 0 saturated heterocycles. The lowest BCUT2D eigenvalue weighted by molar-refractivity contribution is 0.0601. The third-order valence-corrected chi connectivity index (χ3v) is 3.56. The van der Waals surface area contributed by atoms with Crippen LogP contribution in [0.1, 0.15) is 21.5 Å². The normalized spacial score (nSPS) is 10.7. The smallest absolute Gasteiger partial charge is 0.337 e. The fraction of sp³-hybridized carbons (Fsp3) is 0.125. The summed E-state index contributed by atoms with van der Waals surface area (Å²) in [7, 11) is 1.34. The second kappa shape index (κ2) is 7.82. The van der Waals surface area contributed by atoms with Crippen LogP contribution < -0.4 is 0 Å². The predicted octanol–water partition coefficient (Wildman–Crippen LogP) is 4.33. The molecule has 22 heavy (non-hydrogen) atoms. The van der Waals surface area contributed by atoms with Gasteiger partial charge < -0.3 is 9.57 Å². The maximum atomic E-state index is 11.3. The number of hydrogen-bond donors (Lipinski definition) is 0. The molecule has 4 nitrogen and oxygen atoms in total. The number of methoxy groups -OCH3 is 1. The van der Waals surface area contributed by atoms with Gasteiger partial charge in [-0.1, -0.05) is 46.6 Å². The summed E-state index contributed by atoms with van der Waals surface area (Å²) < 4.78 is 4.62. The topological polar surface area (TPSA) is 47.9 Å². The molecule has 0 aliphatic rings. The predicted molar refractivity (Wildman–Crippen MR) is 86.6 cm³/mol. The number of esters is 1. The highest BCUT2D eigenvalue weighted by atomic mass is 35.5. The van der Waals surface area contributed by atoms with E-state index in [2.05, 4.69) is 9.89 Å². The highest BCUT2D eigenvalue weighted by Gasteiger charge is 2.03. The molecule has 0 N–H and O–H groups in total. The summed E-state index contributed by atoms with van der Waals surface area (Å²) in [5.41, 5.74) is 2.16. The summed E-state index contributed by atoms with van der Waals surface area (Å²) in [6.07, 6.45) is 1.55. The Morgan fingerprint density at radius 1 is 1.14 bits per heavy atom. The van der Waals surface area contributed by atoms with Crippen molar-refractivity contribution in [2.45, 2.75) is 6.61 Å². The van der Waals surface area contributed by atoms with Crippen LogP contribution in [0.5, 0.6) is 0 Å². The zero-order valence-electron chi connectivity index (χ0n) is 11.8. The quantitative estimate of drug-likeness (QED) is 0.463. The second-order valence-electron chi connectivity index (χ2n) is 4.37. The minimum absolute atomic E-state index is 0.285. The Morgan fingerprint density at radius 2 is 1.86 bits per heavy atom. The van der Waals surface area contributed by atoms with Gasteiger partial charge in [0.05, 0.1) is 28.9 Å². The van der Waals surface area contributed by atoms with Gasteiger partial charge in [-0.3, -0.25) is 0 Å². The van der Waals surface area contributed by atoms with Crippen molar-refractivity contribution in [1.82, 2.24) is 0 Å². The van der Waals surface area contributed by atoms with Gasteiger partial charge in [0, 0.05) is 0 Å². The molecule has 0 bridgehead atoms. The van der Waals surface area contributed by atoms with Gasteiger partial charge in [0.25, 0.3) is 0 Å². The largest absolute Gasteiger partial charge is 0.465 e. The number of carbonyl (C=O) groups is 1. The van der Waals surface area contributed by atoms with Crippen LogP contribution in [0.2, 0.25) is 10.0 Å². The maximum Gasteiger partial charge on any atom is 0.337 e. The Bertz CT molecular complexity index is 684. The summed E-state index contributed by atoms with van der Waals surface area (Å²) in [6, 6.07) is 12.1. The van der Waals surface area contributed by atoms with Crippen molar-refractivity contribution < 1.29 is 14.4 Å². The molecule has 0 radical (unpaired) electrons. The Hall–Kier alpha value is -2.04. The zero-order valence-corrected chi connectivity index (χ0v) is 13.3. The fourth-order valence-corrected chi connectivity index (χ4v) is 1.98. The summed E-state index contributed by atoms with van der Waals surface area (Å²) in [6.45, 7) is 0.285. The molecule has 114 valence electrons. The van der Waals surface area contributed by atoms with Gasteiger partial charge in [-0.15, -0.1) is 0 Å². The molecule has 2 aromatic rings. The van der Waals surface area contributed by atoms with Gasteiger partial charge in [-0.25, -0.2) is 4.79 Å². The molecule has 0 saturated carbocycles. The van der Waals surface area contributed by atoms with Crippen molar-refractivity contribution in [3.8, 4) is 0 Å². The lowest BCUT2D eigenvalue weighted by atomic mass is 10.1. The van der Waals surface area contributed by atoms with E-state index in [0.29, 0.717) is 15.6 Å². The molecule has 2 rings (SSSR count). The van der Waals surface area contributed by atoms with Crippen LogP contribution in [0.25, 0.3) is 0 Å². The maximum absolute atomic E-state index is 11.3. The first kappa shape index (κ1) is 16.3. The lowest BCUT2D eigenvalue weighted by Gasteiger charge is -2.02. The molecular weight excluding hydrogens is 325 g/mol. The summed E-state index contributed by atoms with van der Waals surface area (Å²) in [5.74, 6) is -0.376. The van der Waals surface area contributed by atoms with E-state index in [0.717, 1.165) is 11.1 Å². The molecule has 0 atom stereocenters. The number of benzene rings is 2. The van der Waals surface area contributed by atoms with Crippen LogP contribution in [0.3, 0.4) is 0 Å². The van der Waals surface area contributed by atoms with E-state index in [-0.39, 0.29) is 12.6 Å². The molecule has 0 aromatic heterocycles. The minimum Gasteiger partial charge on any atom is -0.465 e. The summed E-state index contributed by atoms with van der Waals surface area (Å²) in [4.78, 5) is 16.5. The Balaban J connectivity index is 1.89. The van der Waals surface area contributed by atoms with Gasteiger partial charge in [0.15, 0.2) is 0 Å². The van der Waals surface area contributed by atoms with Crippen LogP contribution in [0.15, 0.2) is 47.6 Å². The SMILES string of the molecule is COC(=O)c1ccc(C=NOCc2ccc(Cl)c(Cl)c2)cc1. The Labute approximate surface area is 138 Å². The minimum atomic E-state index is -0.376. The Morgan fingerprint density at radius 3 is 2.50 bits per heavy atom. The lowest BCUT2D eigenvalue weighted by Crippen LogP contribution is -2.00. The van der Waals surface area contributed by atoms with Crippen LogP contribution in [0.4, 0.5) is 0 Å². The monoisotopic (exact) mass is 337 g/mol. The molecule has 2 aromatic carbocycles. The summed E-state index contributed by atoms with van der Waals surface area (Å²) >= 11 is 11.7. The Kier molecular flexibility index (Phi) is 5.81. The average molecular weight is 338 g/mol. The fourth-order valence-electron chi connectivity index (χ4n) is 1.66. The number of ether oxygens (including phenoxy) is 1. The molecule has 0 aliphatic carbocycles. The van der Waals surface area contributed by atoms with Gasteiger partial charge >= 0.3 is 5.97 Å². The van der Waals surface area contributed by atoms with Crippen molar-refractivity contribution in [2.75, 3.05) is 7.11 Å². The molecule has 6 heteroatoms. The van der Waals surface area contributed by atoms with Crippen LogP contribution in [-0.4, -0.2) is 19.3 Å². The molecule has 0 amide bonds. The van der Waals surface area contributed by atoms with Gasteiger partial charge in [0.2, 0.25) is 0 Å². The zero-order chi connectivity index (χ0) is 15.9. The van der Waals surface area contributed by atoms with Gasteiger partial charge in [-0.2, -0.15) is 0 Å². The first-order valence-electron chi connectivity index (χ1n) is 6.38. The van der Waals surface area contributed by atoms with Crippen molar-refractivity contribution in [3.05, 3.63) is 69.2 Å². The third-order valence-electron chi connectivity index (χ3n) is 2.82. The van der Waals surface area contributed by atoms with E-state index in [4.69, 9.17) is 28.0 Å². The van der Waals surface area contributed by atoms with Gasteiger partial charge in [-0.05, 0) is 35.4 Å². The standard InChI is InChI=1S/C16H13Cl2NO3/c1-21-16(20)13-5-2-11(3-6-13)9-19-22-10-12-4-7-14(17)15(18)8-12/h2-9H,10H2,1H3. The number of halogens is 2. The number of oxime groups is 1. The molecule has 0 spiro atoms. The van der Waals surface area contributed by atoms with Crippen molar-refractivity contribution in [3.63, 3.8) is 0 Å². The van der Waals surface area contributed by atoms with Crippen LogP contribution >= 0.6 is 23.2 Å². The van der Waals surface area contributed by atoms with E-state index < -0.39 is 0 Å². The van der Waals surface area contributed by atoms with E-state index in [1.54, 1.807) is 42.6 Å².